The van der Waals surface area contributed by atoms with Crippen molar-refractivity contribution in [2.24, 2.45) is 0 Å². The average Bonchev–Trinajstić information content (AvgIpc) is 2.73. The van der Waals surface area contributed by atoms with E-state index < -0.39 is 6.10 Å². The van der Waals surface area contributed by atoms with Gasteiger partial charge in [-0.3, -0.25) is 4.79 Å². The highest BCUT2D eigenvalue weighted by atomic mass is 16.5. The molecule has 172 valence electrons. The lowest BCUT2D eigenvalue weighted by molar-refractivity contribution is -0.147. The molecule has 0 aromatic carbocycles. The molecule has 0 fully saturated rings. The average molecular weight is 413 g/mol. The Hall–Kier alpha value is -0.870. The van der Waals surface area contributed by atoms with Gasteiger partial charge in [-0.1, -0.05) is 96.1 Å². The third kappa shape index (κ3) is 23.3. The minimum atomic E-state index is -0.958. The summed E-state index contributed by atoms with van der Waals surface area (Å²) in [6.45, 7) is 1.79. The van der Waals surface area contributed by atoms with Crippen LogP contribution >= 0.6 is 0 Å². The summed E-state index contributed by atoms with van der Waals surface area (Å²) >= 11 is 0. The van der Waals surface area contributed by atoms with E-state index in [1.807, 2.05) is 0 Å². The highest BCUT2D eigenvalue weighted by molar-refractivity contribution is 5.69. The predicted octanol–water partition coefficient (Wildman–Crippen LogP) is 6.48. The van der Waals surface area contributed by atoms with E-state index in [2.05, 4.69) is 19.1 Å². The van der Waals surface area contributed by atoms with E-state index in [1.54, 1.807) is 0 Å². The Morgan fingerprint density at radius 1 is 0.759 bits per heavy atom. The molecule has 0 aliphatic heterocycles. The van der Waals surface area contributed by atoms with Crippen LogP contribution in [0.25, 0.3) is 0 Å². The molecule has 0 bridgehead atoms. The van der Waals surface area contributed by atoms with Gasteiger partial charge < -0.3 is 14.9 Å². The smallest absolute Gasteiger partial charge is 0.305 e. The first-order valence-electron chi connectivity index (χ1n) is 12.3. The lowest BCUT2D eigenvalue weighted by Crippen LogP contribution is -2.21. The molecule has 29 heavy (non-hydrogen) atoms. The Kier molecular flexibility index (Phi) is 22.7. The normalized spacial score (nSPS) is 12.5. The summed E-state index contributed by atoms with van der Waals surface area (Å²) in [5, 5.41) is 17.8. The van der Waals surface area contributed by atoms with E-state index in [0.29, 0.717) is 6.42 Å². The van der Waals surface area contributed by atoms with Gasteiger partial charge in [-0.25, -0.2) is 0 Å². The fourth-order valence-corrected chi connectivity index (χ4v) is 3.36. The number of aliphatic hydroxyl groups is 2. The topological polar surface area (TPSA) is 66.8 Å². The van der Waals surface area contributed by atoms with Gasteiger partial charge in [-0.2, -0.15) is 0 Å². The number of hydrogen-bond acceptors (Lipinski definition) is 4. The molecule has 0 radical (unpaired) electrons. The van der Waals surface area contributed by atoms with Crippen molar-refractivity contribution in [1.29, 1.82) is 0 Å². The van der Waals surface area contributed by atoms with Crippen molar-refractivity contribution >= 4 is 5.97 Å². The molecule has 1 atom stereocenters. The number of unbranched alkanes of at least 4 members (excludes halogenated alkanes) is 15. The monoisotopic (exact) mass is 412 g/mol. The van der Waals surface area contributed by atoms with Crippen LogP contribution in [0.15, 0.2) is 12.2 Å². The Bertz CT molecular complexity index is 368. The molecule has 4 heteroatoms. The van der Waals surface area contributed by atoms with Crippen LogP contribution < -0.4 is 0 Å². The lowest BCUT2D eigenvalue weighted by atomic mass is 10.1. The standard InChI is InChI=1S/C25H48O4/c1-2-3-4-5-6-7-8-9-10-11-12-13-14-15-16-17-18-19-20-21-25(28)29-23-24(27)22-26/h9-10,24,26-27H,2-8,11-23H2,1H3/b10-9-. The van der Waals surface area contributed by atoms with Crippen LogP contribution in [0.1, 0.15) is 122 Å². The van der Waals surface area contributed by atoms with Gasteiger partial charge in [0.05, 0.1) is 6.61 Å². The third-order valence-electron chi connectivity index (χ3n) is 5.29. The lowest BCUT2D eigenvalue weighted by Gasteiger charge is -2.08. The minimum Gasteiger partial charge on any atom is -0.463 e. The third-order valence-corrected chi connectivity index (χ3v) is 5.29. The highest BCUT2D eigenvalue weighted by Gasteiger charge is 2.07. The quantitative estimate of drug-likeness (QED) is 0.121. The van der Waals surface area contributed by atoms with E-state index in [-0.39, 0.29) is 19.2 Å². The van der Waals surface area contributed by atoms with E-state index in [1.165, 1.54) is 96.3 Å². The maximum Gasteiger partial charge on any atom is 0.305 e. The fraction of sp³-hybridized carbons (Fsp3) is 0.880. The summed E-state index contributed by atoms with van der Waals surface area (Å²) in [4.78, 5) is 11.4. The summed E-state index contributed by atoms with van der Waals surface area (Å²) in [6, 6.07) is 0. The maximum atomic E-state index is 11.4. The Balaban J connectivity index is 3.18. The second kappa shape index (κ2) is 23.4. The van der Waals surface area contributed by atoms with Gasteiger partial charge in [0.1, 0.15) is 12.7 Å². The van der Waals surface area contributed by atoms with Gasteiger partial charge in [0.2, 0.25) is 0 Å². The number of carbonyl (C=O) groups excluding carboxylic acids is 1. The number of rotatable bonds is 22. The van der Waals surface area contributed by atoms with Gasteiger partial charge in [0, 0.05) is 6.42 Å². The molecule has 0 aliphatic rings. The molecule has 0 saturated heterocycles. The van der Waals surface area contributed by atoms with Crippen molar-refractivity contribution in [2.75, 3.05) is 13.2 Å². The molecule has 4 nitrogen and oxygen atoms in total. The van der Waals surface area contributed by atoms with Crippen LogP contribution in [0.4, 0.5) is 0 Å². The largest absolute Gasteiger partial charge is 0.463 e. The molecule has 0 heterocycles. The van der Waals surface area contributed by atoms with Crippen LogP contribution in [0.5, 0.6) is 0 Å². The second-order valence-corrected chi connectivity index (χ2v) is 8.27. The van der Waals surface area contributed by atoms with Crippen LogP contribution in [0.2, 0.25) is 0 Å². The van der Waals surface area contributed by atoms with Crippen molar-refractivity contribution in [1.82, 2.24) is 0 Å². The minimum absolute atomic E-state index is 0.107. The Morgan fingerprint density at radius 2 is 1.21 bits per heavy atom. The summed E-state index contributed by atoms with van der Waals surface area (Å²) in [6.07, 6.45) is 25.9. The molecule has 0 aromatic heterocycles. The van der Waals surface area contributed by atoms with Gasteiger partial charge >= 0.3 is 5.97 Å². The number of ether oxygens (including phenoxy) is 1. The molecular weight excluding hydrogens is 364 g/mol. The zero-order valence-electron chi connectivity index (χ0n) is 19.1. The van der Waals surface area contributed by atoms with Crippen LogP contribution in [0, 0.1) is 0 Å². The fourth-order valence-electron chi connectivity index (χ4n) is 3.36. The molecule has 0 rings (SSSR count). The number of aliphatic hydroxyl groups excluding tert-OH is 2. The number of hydrogen-bond donors (Lipinski definition) is 2. The van der Waals surface area contributed by atoms with Gasteiger partial charge in [-0.05, 0) is 32.1 Å². The van der Waals surface area contributed by atoms with Gasteiger partial charge in [-0.15, -0.1) is 0 Å². The number of esters is 1. The molecule has 1 unspecified atom stereocenters. The maximum absolute atomic E-state index is 11.4. The SMILES string of the molecule is CCCCCCCC/C=C\CCCCCCCCCCCC(=O)OCC(O)CO. The summed E-state index contributed by atoms with van der Waals surface area (Å²) < 4.78 is 4.88. The van der Waals surface area contributed by atoms with E-state index in [0.717, 1.165) is 12.8 Å². The first kappa shape index (κ1) is 28.1. The van der Waals surface area contributed by atoms with Crippen LogP contribution in [-0.2, 0) is 9.53 Å². The number of allylic oxidation sites excluding steroid dienone is 2. The second-order valence-electron chi connectivity index (χ2n) is 8.27. The molecule has 0 aliphatic carbocycles. The van der Waals surface area contributed by atoms with Crippen molar-refractivity contribution < 1.29 is 19.7 Å². The van der Waals surface area contributed by atoms with E-state index in [4.69, 9.17) is 14.9 Å². The molecule has 0 aromatic rings. The summed E-state index contributed by atoms with van der Waals surface area (Å²) in [5.41, 5.74) is 0. The summed E-state index contributed by atoms with van der Waals surface area (Å²) in [5.74, 6) is -0.279. The van der Waals surface area contributed by atoms with E-state index >= 15 is 0 Å². The molecule has 0 spiro atoms. The predicted molar refractivity (Wildman–Crippen MR) is 122 cm³/mol. The molecule has 2 N–H and O–H groups in total. The molecule has 0 amide bonds. The Morgan fingerprint density at radius 3 is 1.69 bits per heavy atom. The van der Waals surface area contributed by atoms with Crippen molar-refractivity contribution in [2.45, 2.75) is 129 Å². The van der Waals surface area contributed by atoms with E-state index in [9.17, 15) is 4.79 Å². The van der Waals surface area contributed by atoms with Crippen LogP contribution in [0.3, 0.4) is 0 Å². The highest BCUT2D eigenvalue weighted by Crippen LogP contribution is 2.12. The van der Waals surface area contributed by atoms with Crippen molar-refractivity contribution in [3.63, 3.8) is 0 Å². The first-order valence-corrected chi connectivity index (χ1v) is 12.3. The Labute approximate surface area is 180 Å². The van der Waals surface area contributed by atoms with Gasteiger partial charge in [0.25, 0.3) is 0 Å². The van der Waals surface area contributed by atoms with Crippen molar-refractivity contribution in [3.8, 4) is 0 Å². The van der Waals surface area contributed by atoms with Crippen LogP contribution in [-0.4, -0.2) is 35.5 Å². The zero-order chi connectivity index (χ0) is 21.4. The molecule has 0 saturated carbocycles. The number of carbonyl (C=O) groups is 1. The van der Waals surface area contributed by atoms with Gasteiger partial charge in [0.15, 0.2) is 0 Å². The molecular formula is C25H48O4. The zero-order valence-corrected chi connectivity index (χ0v) is 19.1. The van der Waals surface area contributed by atoms with Crippen molar-refractivity contribution in [3.05, 3.63) is 12.2 Å². The summed E-state index contributed by atoms with van der Waals surface area (Å²) in [7, 11) is 0. The first-order chi connectivity index (χ1) is 14.2.